The lowest BCUT2D eigenvalue weighted by Crippen LogP contribution is -2.01. The fraction of sp³-hybridized carbons (Fsp3) is 0.0851. The van der Waals surface area contributed by atoms with Crippen molar-refractivity contribution in [1.29, 1.82) is 0 Å². The van der Waals surface area contributed by atoms with Gasteiger partial charge in [0.1, 0.15) is 0 Å². The van der Waals surface area contributed by atoms with Crippen molar-refractivity contribution in [2.75, 3.05) is 0 Å². The van der Waals surface area contributed by atoms with Crippen molar-refractivity contribution in [3.05, 3.63) is 162 Å². The monoisotopic (exact) mass is 669 g/mol. The molecule has 0 aliphatic rings. The van der Waals surface area contributed by atoms with Crippen LogP contribution in [0.1, 0.15) is 22.3 Å². The smallest absolute Gasteiger partial charge is 0.164 e. The second-order valence-corrected chi connectivity index (χ2v) is 13.4. The van der Waals surface area contributed by atoms with Crippen molar-refractivity contribution in [2.24, 2.45) is 0 Å². The Kier molecular flexibility index (Phi) is 7.62. The lowest BCUT2D eigenvalue weighted by atomic mass is 9.93. The Bertz CT molecular complexity index is 2760. The van der Waals surface area contributed by atoms with Crippen LogP contribution in [-0.2, 0) is 0 Å². The molecule has 0 fully saturated rings. The molecular weight excluding hydrogens is 635 g/mol. The zero-order valence-corrected chi connectivity index (χ0v) is 29.5. The SMILES string of the molecule is Cc1c(-c2cccc(-c3nc(-c4ccccc4)nc(-c4ccccc4)n3)c2)nc2c(ccc3c(C)c(C)c(-c4cccc5ccccc45)nc32)c1C. The third-order valence-corrected chi connectivity index (χ3v) is 10.4. The van der Waals surface area contributed by atoms with Crippen LogP contribution >= 0.6 is 0 Å². The summed E-state index contributed by atoms with van der Waals surface area (Å²) in [5.41, 5.74) is 13.4. The van der Waals surface area contributed by atoms with Crippen molar-refractivity contribution < 1.29 is 0 Å². The molecule has 0 unspecified atom stereocenters. The number of aromatic nitrogens is 5. The molecule has 0 saturated carbocycles. The van der Waals surface area contributed by atoms with Crippen LogP contribution in [0.25, 0.3) is 89.3 Å². The first-order valence-corrected chi connectivity index (χ1v) is 17.6. The molecule has 0 aliphatic heterocycles. The van der Waals surface area contributed by atoms with Gasteiger partial charge in [-0.15, -0.1) is 0 Å². The third kappa shape index (κ3) is 5.30. The van der Waals surface area contributed by atoms with E-state index >= 15 is 0 Å². The summed E-state index contributed by atoms with van der Waals surface area (Å²) in [5, 5.41) is 4.63. The average molecular weight is 670 g/mol. The van der Waals surface area contributed by atoms with Gasteiger partial charge in [0.05, 0.1) is 22.4 Å². The Hall–Kier alpha value is -6.59. The maximum atomic E-state index is 5.45. The molecule has 248 valence electrons. The predicted octanol–water partition coefficient (Wildman–Crippen LogP) is 11.7. The Morgan fingerprint density at radius 3 is 1.42 bits per heavy atom. The third-order valence-electron chi connectivity index (χ3n) is 10.4. The van der Waals surface area contributed by atoms with Crippen molar-refractivity contribution in [2.45, 2.75) is 27.7 Å². The van der Waals surface area contributed by atoms with E-state index in [2.05, 4.69) is 107 Å². The van der Waals surface area contributed by atoms with Gasteiger partial charge in [0.2, 0.25) is 0 Å². The van der Waals surface area contributed by atoms with Gasteiger partial charge in [-0.1, -0.05) is 133 Å². The van der Waals surface area contributed by atoms with Gasteiger partial charge in [0.25, 0.3) is 0 Å². The van der Waals surface area contributed by atoms with Gasteiger partial charge in [0, 0.05) is 38.6 Å². The zero-order chi connectivity index (χ0) is 35.3. The zero-order valence-electron chi connectivity index (χ0n) is 29.5. The molecule has 0 N–H and O–H groups in total. The van der Waals surface area contributed by atoms with E-state index in [1.807, 2.05) is 60.7 Å². The van der Waals surface area contributed by atoms with E-state index in [0.29, 0.717) is 17.5 Å². The molecular formula is C47H35N5. The van der Waals surface area contributed by atoms with E-state index in [1.54, 1.807) is 0 Å². The van der Waals surface area contributed by atoms with E-state index in [1.165, 1.54) is 27.5 Å². The molecule has 6 aromatic carbocycles. The fourth-order valence-corrected chi connectivity index (χ4v) is 7.28. The standard InChI is InChI=1S/C47H35N5/c1-28-30(3)41(35-21-13-22-36(27-35)47-51-45(33-16-7-5-8-17-33)50-46(52-47)34-18-9-6-10-19-34)48-43-37(28)25-26-38-29(2)31(4)42(49-44(38)43)40-24-14-20-32-15-11-12-23-39(32)40/h5-27H,1-4H3. The lowest BCUT2D eigenvalue weighted by Gasteiger charge is -2.17. The first-order chi connectivity index (χ1) is 25.4. The maximum absolute atomic E-state index is 5.45. The minimum atomic E-state index is 0.614. The van der Waals surface area contributed by atoms with E-state index in [4.69, 9.17) is 24.9 Å². The van der Waals surface area contributed by atoms with Crippen LogP contribution in [0.3, 0.4) is 0 Å². The average Bonchev–Trinajstić information content (AvgIpc) is 3.20. The molecule has 5 heteroatoms. The fourth-order valence-electron chi connectivity index (χ4n) is 7.28. The number of aryl methyl sites for hydroxylation is 2. The van der Waals surface area contributed by atoms with Crippen LogP contribution in [-0.4, -0.2) is 24.9 Å². The van der Waals surface area contributed by atoms with Crippen molar-refractivity contribution in [1.82, 2.24) is 24.9 Å². The summed E-state index contributed by atoms with van der Waals surface area (Å²) >= 11 is 0. The van der Waals surface area contributed by atoms with E-state index < -0.39 is 0 Å². The van der Waals surface area contributed by atoms with Gasteiger partial charge in [-0.3, -0.25) is 0 Å². The van der Waals surface area contributed by atoms with Crippen molar-refractivity contribution in [3.63, 3.8) is 0 Å². The summed E-state index contributed by atoms with van der Waals surface area (Å²) in [5.74, 6) is 1.88. The first-order valence-electron chi connectivity index (χ1n) is 17.6. The van der Waals surface area contributed by atoms with Crippen LogP contribution in [0.5, 0.6) is 0 Å². The largest absolute Gasteiger partial charge is 0.245 e. The van der Waals surface area contributed by atoms with Gasteiger partial charge < -0.3 is 0 Å². The van der Waals surface area contributed by atoms with Gasteiger partial charge in [-0.2, -0.15) is 0 Å². The van der Waals surface area contributed by atoms with Crippen LogP contribution in [0, 0.1) is 27.7 Å². The molecule has 5 nitrogen and oxygen atoms in total. The summed E-state index contributed by atoms with van der Waals surface area (Å²) in [7, 11) is 0. The highest BCUT2D eigenvalue weighted by molar-refractivity contribution is 6.08. The lowest BCUT2D eigenvalue weighted by molar-refractivity contribution is 1.07. The molecule has 0 amide bonds. The van der Waals surface area contributed by atoms with Gasteiger partial charge >= 0.3 is 0 Å². The molecule has 0 bridgehead atoms. The first kappa shape index (κ1) is 31.4. The van der Waals surface area contributed by atoms with E-state index in [0.717, 1.165) is 66.6 Å². The van der Waals surface area contributed by atoms with Gasteiger partial charge in [0.15, 0.2) is 17.5 Å². The minimum Gasteiger partial charge on any atom is -0.245 e. The number of pyridine rings is 2. The van der Waals surface area contributed by atoms with Crippen molar-refractivity contribution in [3.8, 4) is 56.7 Å². The molecule has 0 aliphatic carbocycles. The van der Waals surface area contributed by atoms with Crippen LogP contribution in [0.4, 0.5) is 0 Å². The molecule has 0 spiro atoms. The molecule has 9 aromatic rings. The summed E-state index contributed by atoms with van der Waals surface area (Å²) in [6, 6.07) is 47.9. The second kappa shape index (κ2) is 12.6. The number of fused-ring (bicyclic) bond motifs is 4. The summed E-state index contributed by atoms with van der Waals surface area (Å²) in [6.45, 7) is 8.73. The highest BCUT2D eigenvalue weighted by atomic mass is 15.0. The molecule has 3 aromatic heterocycles. The molecule has 52 heavy (non-hydrogen) atoms. The number of hydrogen-bond acceptors (Lipinski definition) is 5. The Morgan fingerprint density at radius 1 is 0.327 bits per heavy atom. The van der Waals surface area contributed by atoms with Gasteiger partial charge in [-0.25, -0.2) is 24.9 Å². The minimum absolute atomic E-state index is 0.614. The Labute approximate surface area is 302 Å². The predicted molar refractivity (Wildman–Crippen MR) is 214 cm³/mol. The normalized spacial score (nSPS) is 11.5. The molecule has 3 heterocycles. The Morgan fingerprint density at radius 2 is 0.788 bits per heavy atom. The molecule has 0 radical (unpaired) electrons. The molecule has 0 saturated heterocycles. The van der Waals surface area contributed by atoms with Crippen molar-refractivity contribution >= 4 is 32.6 Å². The quantitative estimate of drug-likeness (QED) is 0.171. The highest BCUT2D eigenvalue weighted by Crippen LogP contribution is 2.38. The topological polar surface area (TPSA) is 64.5 Å². The number of hydrogen-bond donors (Lipinski definition) is 0. The van der Waals surface area contributed by atoms with Crippen LogP contribution < -0.4 is 0 Å². The van der Waals surface area contributed by atoms with Crippen LogP contribution in [0.15, 0.2) is 140 Å². The molecule has 9 rings (SSSR count). The Balaban J connectivity index is 1.24. The number of nitrogens with zero attached hydrogens (tertiary/aromatic N) is 5. The number of benzene rings is 6. The maximum Gasteiger partial charge on any atom is 0.164 e. The van der Waals surface area contributed by atoms with E-state index in [-0.39, 0.29) is 0 Å². The highest BCUT2D eigenvalue weighted by Gasteiger charge is 2.19. The summed E-state index contributed by atoms with van der Waals surface area (Å²) < 4.78 is 0. The van der Waals surface area contributed by atoms with E-state index in [9.17, 15) is 0 Å². The second-order valence-electron chi connectivity index (χ2n) is 13.4. The van der Waals surface area contributed by atoms with Crippen LogP contribution in [0.2, 0.25) is 0 Å². The molecule has 0 atom stereocenters. The summed E-state index contributed by atoms with van der Waals surface area (Å²) in [6.07, 6.45) is 0. The number of rotatable bonds is 5. The van der Waals surface area contributed by atoms with Gasteiger partial charge in [-0.05, 0) is 66.8 Å². The summed E-state index contributed by atoms with van der Waals surface area (Å²) in [4.78, 5) is 25.8.